The molecule has 1 fully saturated rings. The van der Waals surface area contributed by atoms with Gasteiger partial charge in [0.2, 0.25) is 10.0 Å². The third-order valence-corrected chi connectivity index (χ3v) is 6.89. The molecule has 1 saturated heterocycles. The first-order chi connectivity index (χ1) is 9.96. The number of piperazine rings is 1. The molecule has 5 nitrogen and oxygen atoms in total. The molecule has 2 heterocycles. The summed E-state index contributed by atoms with van der Waals surface area (Å²) in [6.07, 6.45) is 0. The van der Waals surface area contributed by atoms with Gasteiger partial charge in [0.1, 0.15) is 0 Å². The first kappa shape index (κ1) is 16.9. The monoisotopic (exact) mass is 331 g/mol. The summed E-state index contributed by atoms with van der Waals surface area (Å²) in [6, 6.07) is 2.21. The molecule has 0 amide bonds. The normalized spacial score (nSPS) is 18.5. The number of nitrogens with one attached hydrogen (secondary N) is 1. The largest absolute Gasteiger partial charge is 0.312 e. The molecule has 21 heavy (non-hydrogen) atoms. The molecule has 1 aromatic heterocycles. The molecule has 0 bridgehead atoms. The van der Waals surface area contributed by atoms with Crippen LogP contribution in [0.3, 0.4) is 0 Å². The Hall–Kier alpha value is -0.470. The molecule has 1 aromatic rings. The number of nitrogens with zero attached hydrogens (tertiary/aromatic N) is 2. The van der Waals surface area contributed by atoms with Crippen molar-refractivity contribution in [2.24, 2.45) is 0 Å². The predicted octanol–water partition coefficient (Wildman–Crippen LogP) is 1.57. The number of sulfonamides is 1. The van der Waals surface area contributed by atoms with Crippen LogP contribution in [0.5, 0.6) is 0 Å². The average Bonchev–Trinajstić information content (AvgIpc) is 2.94. The maximum atomic E-state index is 12.8. The van der Waals surface area contributed by atoms with Gasteiger partial charge in [0.05, 0.1) is 4.90 Å². The van der Waals surface area contributed by atoms with Crippen LogP contribution in [0.4, 0.5) is 0 Å². The average molecular weight is 332 g/mol. The first-order valence-corrected chi connectivity index (χ1v) is 9.80. The van der Waals surface area contributed by atoms with Gasteiger partial charge in [-0.15, -0.1) is 11.3 Å². The van der Waals surface area contributed by atoms with E-state index in [0.717, 1.165) is 24.5 Å². The summed E-state index contributed by atoms with van der Waals surface area (Å²) in [5, 5.41) is 5.07. The van der Waals surface area contributed by atoms with Gasteiger partial charge in [-0.2, -0.15) is 4.31 Å². The molecule has 0 unspecified atom stereocenters. The van der Waals surface area contributed by atoms with E-state index in [1.54, 1.807) is 10.4 Å². The SMILES string of the molecule is CCNCc1sccc1S(=O)(=O)N1CCN(C(C)C)CC1. The number of rotatable bonds is 6. The van der Waals surface area contributed by atoms with Gasteiger partial charge in [-0.25, -0.2) is 8.42 Å². The van der Waals surface area contributed by atoms with Gasteiger partial charge in [-0.1, -0.05) is 6.92 Å². The third kappa shape index (κ3) is 3.84. The Kier molecular flexibility index (Phi) is 5.79. The summed E-state index contributed by atoms with van der Waals surface area (Å²) >= 11 is 1.51. The van der Waals surface area contributed by atoms with E-state index in [0.29, 0.717) is 30.6 Å². The smallest absolute Gasteiger partial charge is 0.244 e. The number of hydrogen-bond acceptors (Lipinski definition) is 5. The van der Waals surface area contributed by atoms with E-state index in [-0.39, 0.29) is 0 Å². The number of thiophene rings is 1. The minimum atomic E-state index is -3.35. The van der Waals surface area contributed by atoms with Crippen molar-refractivity contribution in [1.82, 2.24) is 14.5 Å². The van der Waals surface area contributed by atoms with Crippen molar-refractivity contribution in [3.8, 4) is 0 Å². The van der Waals surface area contributed by atoms with Crippen LogP contribution in [-0.4, -0.2) is 56.4 Å². The first-order valence-electron chi connectivity index (χ1n) is 7.48. The molecule has 0 saturated carbocycles. The van der Waals surface area contributed by atoms with Crippen molar-refractivity contribution in [3.05, 3.63) is 16.3 Å². The molecule has 7 heteroatoms. The second-order valence-corrected chi connectivity index (χ2v) is 8.43. The molecular formula is C14H25N3O2S2. The third-order valence-electron chi connectivity index (χ3n) is 3.86. The molecule has 0 radical (unpaired) electrons. The van der Waals surface area contributed by atoms with E-state index < -0.39 is 10.0 Å². The zero-order valence-corrected chi connectivity index (χ0v) is 14.6. The highest BCUT2D eigenvalue weighted by molar-refractivity contribution is 7.89. The van der Waals surface area contributed by atoms with Crippen LogP contribution < -0.4 is 5.32 Å². The zero-order valence-electron chi connectivity index (χ0n) is 13.0. The Morgan fingerprint density at radius 3 is 2.52 bits per heavy atom. The summed E-state index contributed by atoms with van der Waals surface area (Å²) in [4.78, 5) is 3.70. The molecule has 0 atom stereocenters. The van der Waals surface area contributed by atoms with E-state index in [1.807, 2.05) is 12.3 Å². The fourth-order valence-corrected chi connectivity index (χ4v) is 5.33. The summed E-state index contributed by atoms with van der Waals surface area (Å²) in [5.74, 6) is 0. The topological polar surface area (TPSA) is 52.7 Å². The lowest BCUT2D eigenvalue weighted by Crippen LogP contribution is -2.50. The second-order valence-electron chi connectivity index (χ2n) is 5.52. The summed E-state index contributed by atoms with van der Waals surface area (Å²) < 4.78 is 27.2. The zero-order chi connectivity index (χ0) is 15.5. The van der Waals surface area contributed by atoms with Crippen molar-refractivity contribution in [3.63, 3.8) is 0 Å². The van der Waals surface area contributed by atoms with E-state index in [9.17, 15) is 8.42 Å². The fourth-order valence-electron chi connectivity index (χ4n) is 2.53. The van der Waals surface area contributed by atoms with E-state index in [4.69, 9.17) is 0 Å². The van der Waals surface area contributed by atoms with Crippen molar-refractivity contribution in [1.29, 1.82) is 0 Å². The lowest BCUT2D eigenvalue weighted by molar-refractivity contribution is 0.154. The van der Waals surface area contributed by atoms with Crippen LogP contribution in [0.1, 0.15) is 25.6 Å². The van der Waals surface area contributed by atoms with Crippen molar-refractivity contribution in [2.75, 3.05) is 32.7 Å². The Morgan fingerprint density at radius 2 is 1.95 bits per heavy atom. The maximum absolute atomic E-state index is 12.8. The Morgan fingerprint density at radius 1 is 1.29 bits per heavy atom. The van der Waals surface area contributed by atoms with Crippen molar-refractivity contribution in [2.45, 2.75) is 38.3 Å². The highest BCUT2D eigenvalue weighted by atomic mass is 32.2. The fraction of sp³-hybridized carbons (Fsp3) is 0.714. The van der Waals surface area contributed by atoms with Crippen LogP contribution in [0.25, 0.3) is 0 Å². The van der Waals surface area contributed by atoms with Gasteiger partial charge in [-0.3, -0.25) is 4.90 Å². The summed E-state index contributed by atoms with van der Waals surface area (Å²) in [5.41, 5.74) is 0. The second kappa shape index (κ2) is 7.19. The van der Waals surface area contributed by atoms with Crippen LogP contribution in [0.2, 0.25) is 0 Å². The Labute approximate surface area is 132 Å². The van der Waals surface area contributed by atoms with E-state index in [1.165, 1.54) is 11.3 Å². The molecule has 1 aliphatic rings. The van der Waals surface area contributed by atoms with Crippen LogP contribution in [0.15, 0.2) is 16.3 Å². The predicted molar refractivity (Wildman–Crippen MR) is 87.2 cm³/mol. The Bertz CT molecular complexity index is 546. The van der Waals surface area contributed by atoms with Crippen LogP contribution >= 0.6 is 11.3 Å². The summed E-state index contributed by atoms with van der Waals surface area (Å²) in [6.45, 7) is 10.6. The van der Waals surface area contributed by atoms with Gasteiger partial charge >= 0.3 is 0 Å². The minimum absolute atomic E-state index is 0.473. The lowest BCUT2D eigenvalue weighted by atomic mass is 10.3. The molecule has 0 spiro atoms. The molecule has 2 rings (SSSR count). The van der Waals surface area contributed by atoms with Gasteiger partial charge in [0.15, 0.2) is 0 Å². The van der Waals surface area contributed by atoms with E-state index in [2.05, 4.69) is 24.1 Å². The molecule has 0 aromatic carbocycles. The van der Waals surface area contributed by atoms with Crippen molar-refractivity contribution >= 4 is 21.4 Å². The highest BCUT2D eigenvalue weighted by Crippen LogP contribution is 2.26. The maximum Gasteiger partial charge on any atom is 0.244 e. The molecular weight excluding hydrogens is 306 g/mol. The van der Waals surface area contributed by atoms with Gasteiger partial charge in [-0.05, 0) is 31.8 Å². The highest BCUT2D eigenvalue weighted by Gasteiger charge is 2.31. The standard InChI is InChI=1S/C14H25N3O2S2/c1-4-15-11-13-14(5-10-20-13)21(18,19)17-8-6-16(7-9-17)12(2)3/h5,10,12,15H,4,6-9,11H2,1-3H3. The Balaban J connectivity index is 2.10. The quantitative estimate of drug-likeness (QED) is 0.860. The number of hydrogen-bond donors (Lipinski definition) is 1. The van der Waals surface area contributed by atoms with Crippen LogP contribution in [0, 0.1) is 0 Å². The molecule has 1 N–H and O–H groups in total. The van der Waals surface area contributed by atoms with Gasteiger partial charge in [0.25, 0.3) is 0 Å². The molecule has 120 valence electrons. The molecule has 0 aliphatic carbocycles. The van der Waals surface area contributed by atoms with Crippen LogP contribution in [-0.2, 0) is 16.6 Å². The van der Waals surface area contributed by atoms with Gasteiger partial charge < -0.3 is 5.32 Å². The van der Waals surface area contributed by atoms with E-state index >= 15 is 0 Å². The minimum Gasteiger partial charge on any atom is -0.312 e. The van der Waals surface area contributed by atoms with Gasteiger partial charge in [0, 0.05) is 43.6 Å². The summed E-state index contributed by atoms with van der Waals surface area (Å²) in [7, 11) is -3.35. The lowest BCUT2D eigenvalue weighted by Gasteiger charge is -2.36. The van der Waals surface area contributed by atoms with Crippen molar-refractivity contribution < 1.29 is 8.42 Å². The molecule has 1 aliphatic heterocycles.